The maximum Gasteiger partial charge on any atom is 0.163 e. The minimum absolute atomic E-state index is 0.842. The third-order valence-corrected chi connectivity index (χ3v) is 11.6. The lowest BCUT2D eigenvalue weighted by atomic mass is 9.93. The van der Waals surface area contributed by atoms with Crippen LogP contribution in [0, 0.1) is 0 Å². The van der Waals surface area contributed by atoms with E-state index in [4.69, 9.17) is 9.97 Å². The minimum Gasteiger partial charge on any atom is -0.298 e. The molecule has 8 aromatic heterocycles. The molecular formula is C40H22N6S2. The maximum absolute atomic E-state index is 5.32. The molecule has 224 valence electrons. The molecule has 0 atom stereocenters. The molecule has 0 saturated heterocycles. The Balaban J connectivity index is 1.25. The highest BCUT2D eigenvalue weighted by Crippen LogP contribution is 2.54. The SMILES string of the molecule is c1ccc(-c2nc(-c3sc4cccc5c6c(-c7nc(-c8ccccn8)n8ccccc78)sc7cccc(c3c45)c76)c3ccccn23)nc1. The smallest absolute Gasteiger partial charge is 0.163 e. The predicted octanol–water partition coefficient (Wildman–Crippen LogP) is 10.6. The van der Waals surface area contributed by atoms with Crippen LogP contribution in [0.3, 0.4) is 0 Å². The number of pyridine rings is 4. The van der Waals surface area contributed by atoms with Crippen molar-refractivity contribution in [2.75, 3.05) is 0 Å². The van der Waals surface area contributed by atoms with Crippen LogP contribution in [0.2, 0.25) is 0 Å². The lowest BCUT2D eigenvalue weighted by Crippen LogP contribution is -1.90. The average Bonchev–Trinajstić information content (AvgIpc) is 3.92. The van der Waals surface area contributed by atoms with Crippen LogP contribution in [0.25, 0.3) is 96.9 Å². The molecule has 8 heteroatoms. The summed E-state index contributed by atoms with van der Waals surface area (Å²) in [5.74, 6) is 1.68. The molecule has 48 heavy (non-hydrogen) atoms. The third kappa shape index (κ3) is 3.50. The van der Waals surface area contributed by atoms with Crippen molar-refractivity contribution in [1.82, 2.24) is 28.7 Å². The number of benzene rings is 3. The largest absolute Gasteiger partial charge is 0.298 e. The summed E-state index contributed by atoms with van der Waals surface area (Å²) in [6, 6.07) is 38.0. The molecule has 11 aromatic rings. The zero-order chi connectivity index (χ0) is 31.3. The predicted molar refractivity (Wildman–Crippen MR) is 198 cm³/mol. The lowest BCUT2D eigenvalue weighted by Gasteiger charge is -2.08. The highest BCUT2D eigenvalue weighted by Gasteiger charge is 2.27. The molecule has 0 unspecified atom stereocenters. The molecular weight excluding hydrogens is 629 g/mol. The standard InChI is InChI=1S/C40H22N6S2/c1-5-19-41-25(13-1)39-43-35(27-15-3-7-21-45(27)39)37-33-23-11-9-18-30-32(23)34(24-12-10-17-29(47-37)31(24)33)38(48-30)36-28-16-4-8-22-46(28)40(44-36)26-14-2-6-20-42-26/h1-22H. The first kappa shape index (κ1) is 26.1. The van der Waals surface area contributed by atoms with E-state index in [9.17, 15) is 0 Å². The van der Waals surface area contributed by atoms with Gasteiger partial charge in [-0.25, -0.2) is 9.97 Å². The van der Waals surface area contributed by atoms with Crippen LogP contribution in [-0.2, 0) is 0 Å². The van der Waals surface area contributed by atoms with E-state index in [-0.39, 0.29) is 0 Å². The Bertz CT molecular complexity index is 2800. The third-order valence-electron chi connectivity index (χ3n) is 9.28. The number of imidazole rings is 2. The number of aromatic nitrogens is 6. The summed E-state index contributed by atoms with van der Waals surface area (Å²) in [6.45, 7) is 0. The average molecular weight is 651 g/mol. The Morgan fingerprint density at radius 1 is 0.438 bits per heavy atom. The molecule has 0 aliphatic rings. The van der Waals surface area contributed by atoms with Gasteiger partial charge in [0.2, 0.25) is 0 Å². The topological polar surface area (TPSA) is 60.4 Å². The molecule has 0 bridgehead atoms. The first-order chi connectivity index (χ1) is 23.8. The fourth-order valence-corrected chi connectivity index (χ4v) is 9.81. The summed E-state index contributed by atoms with van der Waals surface area (Å²) in [5.41, 5.74) is 5.80. The van der Waals surface area contributed by atoms with Gasteiger partial charge < -0.3 is 0 Å². The molecule has 0 aliphatic heterocycles. The molecule has 0 saturated carbocycles. The zero-order valence-electron chi connectivity index (χ0n) is 25.2. The van der Waals surface area contributed by atoms with Crippen molar-refractivity contribution in [2.45, 2.75) is 0 Å². The fourth-order valence-electron chi connectivity index (χ4n) is 7.32. The van der Waals surface area contributed by atoms with Crippen LogP contribution in [0.5, 0.6) is 0 Å². The Morgan fingerprint density at radius 3 is 1.38 bits per heavy atom. The van der Waals surface area contributed by atoms with Gasteiger partial charge in [0.1, 0.15) is 22.8 Å². The molecule has 6 nitrogen and oxygen atoms in total. The summed E-state index contributed by atoms with van der Waals surface area (Å²) in [5, 5.41) is 7.57. The summed E-state index contributed by atoms with van der Waals surface area (Å²) in [7, 11) is 0. The lowest BCUT2D eigenvalue weighted by molar-refractivity contribution is 1.13. The maximum atomic E-state index is 5.32. The Labute approximate surface area is 281 Å². The summed E-state index contributed by atoms with van der Waals surface area (Å²) in [4.78, 5) is 22.3. The van der Waals surface area contributed by atoms with Gasteiger partial charge in [0.25, 0.3) is 0 Å². The van der Waals surface area contributed by atoms with Gasteiger partial charge in [0, 0.05) is 55.7 Å². The van der Waals surface area contributed by atoms with Crippen LogP contribution < -0.4 is 0 Å². The van der Waals surface area contributed by atoms with Crippen molar-refractivity contribution < 1.29 is 0 Å². The first-order valence-corrected chi connectivity index (χ1v) is 17.4. The van der Waals surface area contributed by atoms with Crippen LogP contribution in [0.4, 0.5) is 0 Å². The highest BCUT2D eigenvalue weighted by molar-refractivity contribution is 7.25. The number of nitrogens with zero attached hydrogens (tertiary/aromatic N) is 6. The number of hydrogen-bond acceptors (Lipinski definition) is 6. The van der Waals surface area contributed by atoms with E-state index in [1.807, 2.05) is 71.5 Å². The monoisotopic (exact) mass is 650 g/mol. The van der Waals surface area contributed by atoms with E-state index >= 15 is 0 Å². The van der Waals surface area contributed by atoms with Gasteiger partial charge >= 0.3 is 0 Å². The molecule has 0 fully saturated rings. The van der Waals surface area contributed by atoms with Crippen molar-refractivity contribution in [2.24, 2.45) is 0 Å². The van der Waals surface area contributed by atoms with Gasteiger partial charge in [-0.05, 0) is 71.4 Å². The second-order valence-corrected chi connectivity index (χ2v) is 14.0. The van der Waals surface area contributed by atoms with Gasteiger partial charge in [-0.1, -0.05) is 48.5 Å². The normalized spacial score (nSPS) is 12.2. The summed E-state index contributed by atoms with van der Waals surface area (Å²) < 4.78 is 6.82. The molecule has 0 spiro atoms. The number of rotatable bonds is 4. The highest BCUT2D eigenvalue weighted by atomic mass is 32.1. The van der Waals surface area contributed by atoms with Gasteiger partial charge in [0.15, 0.2) is 11.6 Å². The fraction of sp³-hybridized carbons (Fsp3) is 0. The molecule has 0 radical (unpaired) electrons. The van der Waals surface area contributed by atoms with Gasteiger partial charge in [-0.2, -0.15) is 0 Å². The van der Waals surface area contributed by atoms with Gasteiger partial charge in [-0.15, -0.1) is 22.7 Å². The van der Waals surface area contributed by atoms with E-state index in [0.29, 0.717) is 0 Å². The molecule has 0 N–H and O–H groups in total. The second-order valence-electron chi connectivity index (χ2n) is 11.9. The van der Waals surface area contributed by atoms with Crippen LogP contribution in [0.15, 0.2) is 134 Å². The van der Waals surface area contributed by atoms with Gasteiger partial charge in [-0.3, -0.25) is 18.8 Å². The second kappa shape index (κ2) is 9.78. The summed E-state index contributed by atoms with van der Waals surface area (Å²) >= 11 is 3.64. The van der Waals surface area contributed by atoms with Crippen molar-refractivity contribution in [1.29, 1.82) is 0 Å². The van der Waals surface area contributed by atoms with E-state index in [0.717, 1.165) is 45.5 Å². The number of fused-ring (bicyclic) bond motifs is 4. The van der Waals surface area contributed by atoms with Crippen LogP contribution in [0.1, 0.15) is 0 Å². The van der Waals surface area contributed by atoms with Gasteiger partial charge in [0.05, 0.1) is 20.8 Å². The van der Waals surface area contributed by atoms with E-state index < -0.39 is 0 Å². The molecule has 0 amide bonds. The molecule has 3 aromatic carbocycles. The number of hydrogen-bond donors (Lipinski definition) is 0. The van der Waals surface area contributed by atoms with Crippen molar-refractivity contribution in [3.05, 3.63) is 134 Å². The van der Waals surface area contributed by atoms with Crippen LogP contribution >= 0.6 is 22.7 Å². The van der Waals surface area contributed by atoms with E-state index in [1.165, 1.54) is 51.5 Å². The molecule has 8 heterocycles. The number of thiophene rings is 2. The molecule has 0 aliphatic carbocycles. The quantitative estimate of drug-likeness (QED) is 0.178. The Kier molecular flexibility index (Phi) is 5.32. The van der Waals surface area contributed by atoms with Crippen molar-refractivity contribution in [3.8, 4) is 44.2 Å². The zero-order valence-corrected chi connectivity index (χ0v) is 26.8. The van der Waals surface area contributed by atoms with E-state index in [1.54, 1.807) is 0 Å². The van der Waals surface area contributed by atoms with Crippen LogP contribution in [-0.4, -0.2) is 28.7 Å². The van der Waals surface area contributed by atoms with Crippen molar-refractivity contribution >= 4 is 75.4 Å². The molecule has 11 rings (SSSR count). The first-order valence-electron chi connectivity index (χ1n) is 15.7. The Morgan fingerprint density at radius 2 is 0.917 bits per heavy atom. The Hall–Kier alpha value is -5.96. The summed E-state index contributed by atoms with van der Waals surface area (Å²) in [6.07, 6.45) is 7.82. The minimum atomic E-state index is 0.842. The van der Waals surface area contributed by atoms with Crippen molar-refractivity contribution in [3.63, 3.8) is 0 Å². The van der Waals surface area contributed by atoms with E-state index in [2.05, 4.69) is 104 Å².